The Labute approximate surface area is 117 Å². The number of halogens is 1. The fourth-order valence-electron chi connectivity index (χ4n) is 1.94. The molecule has 3 heteroatoms. The molecular formula is C16H17FOS. The van der Waals surface area contributed by atoms with Crippen molar-refractivity contribution >= 4 is 11.8 Å². The molecule has 0 aliphatic rings. The Hall–Kier alpha value is -1.32. The van der Waals surface area contributed by atoms with Gasteiger partial charge in [-0.3, -0.25) is 0 Å². The third kappa shape index (κ3) is 3.82. The van der Waals surface area contributed by atoms with Crippen molar-refractivity contribution in [1.82, 2.24) is 0 Å². The molecule has 0 aliphatic carbocycles. The number of hydrogen-bond donors (Lipinski definition) is 1. The van der Waals surface area contributed by atoms with Crippen LogP contribution in [0, 0.1) is 19.7 Å². The van der Waals surface area contributed by atoms with E-state index < -0.39 is 6.10 Å². The molecule has 0 saturated heterocycles. The Morgan fingerprint density at radius 1 is 1.16 bits per heavy atom. The largest absolute Gasteiger partial charge is 0.388 e. The first kappa shape index (κ1) is 14.1. The van der Waals surface area contributed by atoms with Gasteiger partial charge in [0.25, 0.3) is 0 Å². The Kier molecular flexibility index (Phi) is 4.61. The molecule has 1 atom stereocenters. The van der Waals surface area contributed by atoms with Crippen LogP contribution in [-0.2, 0) is 0 Å². The van der Waals surface area contributed by atoms with Crippen LogP contribution >= 0.6 is 11.8 Å². The van der Waals surface area contributed by atoms with Crippen LogP contribution in [0.15, 0.2) is 47.4 Å². The SMILES string of the molecule is Cc1ccc(C)c(C(O)CSc2cccc(F)c2)c1. The zero-order valence-corrected chi connectivity index (χ0v) is 11.9. The number of aliphatic hydroxyl groups excluding tert-OH is 1. The van der Waals surface area contributed by atoms with E-state index in [1.54, 1.807) is 6.07 Å². The van der Waals surface area contributed by atoms with Gasteiger partial charge in [-0.25, -0.2) is 4.39 Å². The summed E-state index contributed by atoms with van der Waals surface area (Å²) in [6.45, 7) is 4.00. The van der Waals surface area contributed by atoms with Crippen LogP contribution < -0.4 is 0 Å². The van der Waals surface area contributed by atoms with E-state index in [1.165, 1.54) is 23.9 Å². The predicted molar refractivity (Wildman–Crippen MR) is 78.0 cm³/mol. The molecule has 0 saturated carbocycles. The van der Waals surface area contributed by atoms with Gasteiger partial charge in [0.15, 0.2) is 0 Å². The Morgan fingerprint density at radius 3 is 2.68 bits per heavy atom. The minimum Gasteiger partial charge on any atom is -0.388 e. The van der Waals surface area contributed by atoms with E-state index in [1.807, 2.05) is 38.1 Å². The number of aliphatic hydroxyl groups is 1. The van der Waals surface area contributed by atoms with Gasteiger partial charge < -0.3 is 5.11 Å². The molecule has 0 radical (unpaired) electrons. The van der Waals surface area contributed by atoms with Crippen molar-refractivity contribution in [3.63, 3.8) is 0 Å². The Balaban J connectivity index is 2.05. The summed E-state index contributed by atoms with van der Waals surface area (Å²) in [6.07, 6.45) is -0.534. The Morgan fingerprint density at radius 2 is 1.95 bits per heavy atom. The first-order chi connectivity index (χ1) is 9.06. The van der Waals surface area contributed by atoms with Gasteiger partial charge in [0.1, 0.15) is 5.82 Å². The minimum absolute atomic E-state index is 0.244. The van der Waals surface area contributed by atoms with Crippen molar-refractivity contribution in [1.29, 1.82) is 0 Å². The molecule has 0 aromatic heterocycles. The van der Waals surface area contributed by atoms with Gasteiger partial charge in [-0.2, -0.15) is 0 Å². The summed E-state index contributed by atoms with van der Waals surface area (Å²) in [5.41, 5.74) is 3.16. The monoisotopic (exact) mass is 276 g/mol. The van der Waals surface area contributed by atoms with Gasteiger partial charge in [0.05, 0.1) is 6.10 Å². The number of aryl methyl sites for hydroxylation is 2. The number of hydrogen-bond acceptors (Lipinski definition) is 2. The second kappa shape index (κ2) is 6.22. The quantitative estimate of drug-likeness (QED) is 0.842. The second-order valence-corrected chi connectivity index (χ2v) is 5.74. The molecule has 19 heavy (non-hydrogen) atoms. The predicted octanol–water partition coefficient (Wildman–Crippen LogP) is 4.27. The van der Waals surface area contributed by atoms with Crippen molar-refractivity contribution in [3.8, 4) is 0 Å². The maximum absolute atomic E-state index is 13.1. The molecule has 1 unspecified atom stereocenters. The Bertz CT molecular complexity index is 568. The van der Waals surface area contributed by atoms with E-state index in [4.69, 9.17) is 0 Å². The van der Waals surface area contributed by atoms with Crippen LogP contribution in [0.2, 0.25) is 0 Å². The lowest BCUT2D eigenvalue weighted by Gasteiger charge is -2.14. The highest BCUT2D eigenvalue weighted by atomic mass is 32.2. The first-order valence-corrected chi connectivity index (χ1v) is 7.18. The van der Waals surface area contributed by atoms with Crippen molar-refractivity contribution in [3.05, 3.63) is 65.0 Å². The lowest BCUT2D eigenvalue weighted by molar-refractivity contribution is 0.203. The van der Waals surface area contributed by atoms with Crippen molar-refractivity contribution in [2.45, 2.75) is 24.8 Å². The van der Waals surface area contributed by atoms with E-state index in [2.05, 4.69) is 0 Å². The molecule has 0 fully saturated rings. The molecule has 1 nitrogen and oxygen atoms in total. The molecule has 2 aromatic rings. The summed E-state index contributed by atoms with van der Waals surface area (Å²) in [5.74, 6) is 0.277. The van der Waals surface area contributed by atoms with Crippen LogP contribution in [0.3, 0.4) is 0 Å². The van der Waals surface area contributed by atoms with Crippen LogP contribution in [0.5, 0.6) is 0 Å². The molecule has 2 rings (SSSR count). The molecule has 100 valence electrons. The summed E-state index contributed by atoms with van der Waals surface area (Å²) in [7, 11) is 0. The maximum Gasteiger partial charge on any atom is 0.124 e. The molecule has 2 aromatic carbocycles. The van der Waals surface area contributed by atoms with Gasteiger partial charge in [-0.05, 0) is 43.2 Å². The lowest BCUT2D eigenvalue weighted by Crippen LogP contribution is -2.03. The topological polar surface area (TPSA) is 20.2 Å². The molecule has 1 N–H and O–H groups in total. The molecule has 0 bridgehead atoms. The van der Waals surface area contributed by atoms with E-state index in [9.17, 15) is 9.50 Å². The summed E-state index contributed by atoms with van der Waals surface area (Å²) < 4.78 is 13.1. The van der Waals surface area contributed by atoms with Gasteiger partial charge in [0.2, 0.25) is 0 Å². The van der Waals surface area contributed by atoms with Gasteiger partial charge in [-0.1, -0.05) is 29.8 Å². The normalized spacial score (nSPS) is 12.4. The number of benzene rings is 2. The van der Waals surface area contributed by atoms with Crippen molar-refractivity contribution in [2.75, 3.05) is 5.75 Å². The highest BCUT2D eigenvalue weighted by Crippen LogP contribution is 2.27. The molecular weight excluding hydrogens is 259 g/mol. The highest BCUT2D eigenvalue weighted by Gasteiger charge is 2.11. The van der Waals surface area contributed by atoms with Crippen molar-refractivity contribution < 1.29 is 9.50 Å². The van der Waals surface area contributed by atoms with E-state index in [0.29, 0.717) is 5.75 Å². The molecule has 0 spiro atoms. The minimum atomic E-state index is -0.534. The summed E-state index contributed by atoms with van der Waals surface area (Å²) in [5, 5.41) is 10.2. The van der Waals surface area contributed by atoms with Gasteiger partial charge in [-0.15, -0.1) is 11.8 Å². The standard InChI is InChI=1S/C16H17FOS/c1-11-6-7-12(2)15(8-11)16(18)10-19-14-5-3-4-13(17)9-14/h3-9,16,18H,10H2,1-2H3. The highest BCUT2D eigenvalue weighted by molar-refractivity contribution is 7.99. The smallest absolute Gasteiger partial charge is 0.124 e. The van der Waals surface area contributed by atoms with E-state index in [0.717, 1.165) is 21.6 Å². The summed E-state index contributed by atoms with van der Waals surface area (Å²) in [6, 6.07) is 12.5. The van der Waals surface area contributed by atoms with Crippen LogP contribution in [0.1, 0.15) is 22.8 Å². The number of rotatable bonds is 4. The zero-order chi connectivity index (χ0) is 13.8. The first-order valence-electron chi connectivity index (χ1n) is 6.20. The lowest BCUT2D eigenvalue weighted by atomic mass is 10.0. The van der Waals surface area contributed by atoms with Gasteiger partial charge in [0, 0.05) is 10.6 Å². The van der Waals surface area contributed by atoms with Gasteiger partial charge >= 0.3 is 0 Å². The number of thioether (sulfide) groups is 1. The summed E-state index contributed by atoms with van der Waals surface area (Å²) in [4.78, 5) is 0.837. The van der Waals surface area contributed by atoms with Crippen LogP contribution in [-0.4, -0.2) is 10.9 Å². The fraction of sp³-hybridized carbons (Fsp3) is 0.250. The maximum atomic E-state index is 13.1. The zero-order valence-electron chi connectivity index (χ0n) is 11.1. The molecule has 0 aliphatic heterocycles. The molecule has 0 amide bonds. The van der Waals surface area contributed by atoms with Crippen molar-refractivity contribution in [2.24, 2.45) is 0 Å². The average molecular weight is 276 g/mol. The second-order valence-electron chi connectivity index (χ2n) is 4.64. The summed E-state index contributed by atoms with van der Waals surface area (Å²) >= 11 is 1.46. The van der Waals surface area contributed by atoms with E-state index >= 15 is 0 Å². The fourth-order valence-corrected chi connectivity index (χ4v) is 2.84. The third-order valence-electron chi connectivity index (χ3n) is 3.00. The third-order valence-corrected chi connectivity index (χ3v) is 4.07. The average Bonchev–Trinajstić information content (AvgIpc) is 2.39. The van der Waals surface area contributed by atoms with Crippen LogP contribution in [0.4, 0.5) is 4.39 Å². The molecule has 0 heterocycles. The van der Waals surface area contributed by atoms with E-state index in [-0.39, 0.29) is 5.82 Å². The van der Waals surface area contributed by atoms with Crippen LogP contribution in [0.25, 0.3) is 0 Å².